The Kier molecular flexibility index (Phi) is 8.68. The molecule has 3 atom stereocenters. The normalized spacial score (nSPS) is 13.8. The van der Waals surface area contributed by atoms with Crippen molar-refractivity contribution in [1.82, 2.24) is 5.32 Å². The third-order valence-electron chi connectivity index (χ3n) is 5.57. The van der Waals surface area contributed by atoms with E-state index in [0.29, 0.717) is 0 Å². The van der Waals surface area contributed by atoms with Gasteiger partial charge < -0.3 is 25.1 Å². The van der Waals surface area contributed by atoms with Crippen LogP contribution >= 0.6 is 0 Å². The number of carbonyl (C=O) groups excluding carboxylic acids is 2. The minimum Gasteiger partial charge on any atom is -0.618 e. The largest absolute Gasteiger partial charge is 0.618 e. The number of amides is 1. The lowest BCUT2D eigenvalue weighted by Gasteiger charge is -2.30. The lowest BCUT2D eigenvalue weighted by molar-refractivity contribution is -0.608. The van der Waals surface area contributed by atoms with Crippen molar-refractivity contribution in [2.24, 2.45) is 5.92 Å². The second-order valence-electron chi connectivity index (χ2n) is 8.60. The molecule has 33 heavy (non-hydrogen) atoms. The molecule has 2 aromatic rings. The van der Waals surface area contributed by atoms with Crippen molar-refractivity contribution in [1.29, 1.82) is 0 Å². The number of aryl methyl sites for hydroxylation is 2. The monoisotopic (exact) mass is 458 g/mol. The van der Waals surface area contributed by atoms with Crippen LogP contribution in [-0.4, -0.2) is 35.7 Å². The molecule has 0 saturated carbocycles. The van der Waals surface area contributed by atoms with Crippen molar-refractivity contribution >= 4 is 11.9 Å². The van der Waals surface area contributed by atoms with Gasteiger partial charge in [0.05, 0.1) is 6.61 Å². The first-order valence-electron chi connectivity index (χ1n) is 11.1. The van der Waals surface area contributed by atoms with E-state index in [4.69, 9.17) is 9.47 Å². The zero-order valence-corrected chi connectivity index (χ0v) is 20.3. The van der Waals surface area contributed by atoms with Crippen molar-refractivity contribution in [3.05, 3.63) is 58.1 Å². The molecule has 0 radical (unpaired) electrons. The van der Waals surface area contributed by atoms with Crippen molar-refractivity contribution in [2.45, 2.75) is 66.5 Å². The molecule has 1 heterocycles. The van der Waals surface area contributed by atoms with Crippen LogP contribution < -0.4 is 14.8 Å². The van der Waals surface area contributed by atoms with Gasteiger partial charge in [0, 0.05) is 12.0 Å². The fourth-order valence-corrected chi connectivity index (χ4v) is 4.03. The Morgan fingerprint density at radius 1 is 1.15 bits per heavy atom. The molecule has 1 aromatic heterocycles. The number of ether oxygens (including phenoxy) is 2. The van der Waals surface area contributed by atoms with Gasteiger partial charge in [-0.2, -0.15) is 4.73 Å². The lowest BCUT2D eigenvalue weighted by Crippen LogP contribution is -2.46. The van der Waals surface area contributed by atoms with Gasteiger partial charge in [-0.25, -0.2) is 4.79 Å². The van der Waals surface area contributed by atoms with Crippen molar-refractivity contribution in [3.63, 3.8) is 0 Å². The molecule has 1 amide bonds. The second kappa shape index (κ2) is 11.0. The van der Waals surface area contributed by atoms with E-state index in [9.17, 15) is 19.9 Å². The molecule has 2 N–H and O–H groups in total. The molecular weight excluding hydrogens is 424 g/mol. The summed E-state index contributed by atoms with van der Waals surface area (Å²) in [5.74, 6) is -1.95. The number of rotatable bonds is 9. The summed E-state index contributed by atoms with van der Waals surface area (Å²) < 4.78 is 11.2. The highest BCUT2D eigenvalue weighted by atomic mass is 16.5. The highest BCUT2D eigenvalue weighted by Gasteiger charge is 2.32. The molecule has 8 nitrogen and oxygen atoms in total. The summed E-state index contributed by atoms with van der Waals surface area (Å²) in [6, 6.07) is 6.42. The van der Waals surface area contributed by atoms with Crippen LogP contribution in [0.1, 0.15) is 67.7 Å². The van der Waals surface area contributed by atoms with E-state index in [2.05, 4.69) is 31.3 Å². The maximum atomic E-state index is 12.7. The number of benzene rings is 1. The van der Waals surface area contributed by atoms with Gasteiger partial charge in [-0.3, -0.25) is 4.79 Å². The Morgan fingerprint density at radius 2 is 1.82 bits per heavy atom. The third kappa shape index (κ3) is 6.15. The van der Waals surface area contributed by atoms with Gasteiger partial charge in [0.2, 0.25) is 5.75 Å². The van der Waals surface area contributed by atoms with Gasteiger partial charge in [-0.05, 0) is 51.7 Å². The average molecular weight is 459 g/mol. The Morgan fingerprint density at radius 3 is 2.39 bits per heavy atom. The number of hydrogen-bond acceptors (Lipinski definition) is 6. The minimum atomic E-state index is -1.04. The summed E-state index contributed by atoms with van der Waals surface area (Å²) in [5, 5.41) is 24.7. The van der Waals surface area contributed by atoms with Crippen molar-refractivity contribution in [3.8, 4) is 11.5 Å². The van der Waals surface area contributed by atoms with Gasteiger partial charge in [-0.15, -0.1) is 0 Å². The number of hydrogen-bond donors (Lipinski definition) is 2. The van der Waals surface area contributed by atoms with Crippen LogP contribution in [0.3, 0.4) is 0 Å². The fourth-order valence-electron chi connectivity index (χ4n) is 4.03. The number of pyridine rings is 1. The van der Waals surface area contributed by atoms with Crippen molar-refractivity contribution in [2.75, 3.05) is 6.61 Å². The summed E-state index contributed by atoms with van der Waals surface area (Å²) in [5.41, 5.74) is 2.84. The number of aromatic hydroxyl groups is 1. The minimum absolute atomic E-state index is 0.00634. The van der Waals surface area contributed by atoms with Crippen molar-refractivity contribution < 1.29 is 28.9 Å². The predicted molar refractivity (Wildman–Crippen MR) is 124 cm³/mol. The van der Waals surface area contributed by atoms with Crippen LogP contribution in [-0.2, 0) is 9.53 Å². The maximum Gasteiger partial charge on any atom is 0.328 e. The summed E-state index contributed by atoms with van der Waals surface area (Å²) in [6.07, 6.45) is 0.611. The molecule has 0 spiro atoms. The molecule has 2 rings (SSSR count). The number of esters is 1. The van der Waals surface area contributed by atoms with E-state index >= 15 is 0 Å². The lowest BCUT2D eigenvalue weighted by atomic mass is 9.82. The highest BCUT2D eigenvalue weighted by Crippen LogP contribution is 2.32. The quantitative estimate of drug-likeness (QED) is 0.338. The average Bonchev–Trinajstić information content (AvgIpc) is 2.71. The third-order valence-corrected chi connectivity index (χ3v) is 5.57. The number of nitrogens with one attached hydrogen (secondary N) is 1. The second-order valence-corrected chi connectivity index (χ2v) is 8.60. The molecule has 0 saturated heterocycles. The van der Waals surface area contributed by atoms with Crippen LogP contribution in [0.15, 0.2) is 30.5 Å². The van der Waals surface area contributed by atoms with E-state index < -0.39 is 35.5 Å². The first kappa shape index (κ1) is 26.0. The van der Waals surface area contributed by atoms with Crippen LogP contribution in [0.4, 0.5) is 0 Å². The molecule has 0 bridgehead atoms. The summed E-state index contributed by atoms with van der Waals surface area (Å²) in [4.78, 5) is 25.4. The summed E-state index contributed by atoms with van der Waals surface area (Å²) in [6.45, 7) is 13.5. The number of aromatic nitrogens is 1. The topological polar surface area (TPSA) is 112 Å². The molecule has 180 valence electrons. The molecule has 8 heteroatoms. The molecular formula is C25H34N2O6. The Bertz CT molecular complexity index is 1000. The fraction of sp³-hybridized carbons (Fsp3) is 0.480. The molecule has 0 aliphatic rings. The molecule has 1 aromatic carbocycles. The molecule has 0 aliphatic carbocycles. The van der Waals surface area contributed by atoms with Crippen LogP contribution in [0.25, 0.3) is 0 Å². The van der Waals surface area contributed by atoms with E-state index in [0.717, 1.165) is 22.9 Å². The first-order chi connectivity index (χ1) is 15.5. The Balaban J connectivity index is 2.15. The first-order valence-corrected chi connectivity index (χ1v) is 11.1. The van der Waals surface area contributed by atoms with Gasteiger partial charge in [0.15, 0.2) is 11.9 Å². The van der Waals surface area contributed by atoms with Crippen LogP contribution in [0, 0.1) is 25.0 Å². The van der Waals surface area contributed by atoms with E-state index in [1.54, 1.807) is 6.92 Å². The van der Waals surface area contributed by atoms with Gasteiger partial charge in [-0.1, -0.05) is 37.6 Å². The maximum absolute atomic E-state index is 12.7. The standard InChI is InChI=1S/C25H34N2O6/c1-8-32-20-11-12-27(31)22(23(20)28)24(29)26-17(6)25(30)33-18(7)21(14(2)3)19-10-9-15(4)13-16(19)5/h9-14,17-18,21,28H,8H2,1-7H3,(H,26,29)/t17?,18-,21-/m0/s1. The van der Waals surface area contributed by atoms with Crippen LogP contribution in [0.2, 0.25) is 0 Å². The van der Waals surface area contributed by atoms with Gasteiger partial charge in [0.25, 0.3) is 0 Å². The molecule has 0 fully saturated rings. The SMILES string of the molecule is CCOc1cc[n+]([O-])c(C(=O)NC(C)C(=O)O[C@@H](C)[C@@H](c2ccc(C)cc2C)C(C)C)c1O. The highest BCUT2D eigenvalue weighted by molar-refractivity contribution is 5.96. The Labute approximate surface area is 195 Å². The molecule has 1 unspecified atom stereocenters. The summed E-state index contributed by atoms with van der Waals surface area (Å²) >= 11 is 0. The number of nitrogens with zero attached hydrogens (tertiary/aromatic N) is 1. The van der Waals surface area contributed by atoms with Gasteiger partial charge in [0.1, 0.15) is 12.1 Å². The van der Waals surface area contributed by atoms with Gasteiger partial charge >= 0.3 is 17.6 Å². The van der Waals surface area contributed by atoms with Crippen LogP contribution in [0.5, 0.6) is 11.5 Å². The van der Waals surface area contributed by atoms with E-state index in [1.807, 2.05) is 26.8 Å². The smallest absolute Gasteiger partial charge is 0.328 e. The Hall–Kier alpha value is -3.29. The molecule has 0 aliphatic heterocycles. The summed E-state index contributed by atoms with van der Waals surface area (Å²) in [7, 11) is 0. The predicted octanol–water partition coefficient (Wildman–Crippen LogP) is 3.53. The zero-order chi connectivity index (χ0) is 24.9. The zero-order valence-electron chi connectivity index (χ0n) is 20.3. The van der Waals surface area contributed by atoms with E-state index in [1.165, 1.54) is 13.0 Å². The van der Waals surface area contributed by atoms with E-state index in [-0.39, 0.29) is 28.9 Å². The number of carbonyl (C=O) groups is 2.